The fourth-order valence-corrected chi connectivity index (χ4v) is 3.47. The number of anilines is 1. The van der Waals surface area contributed by atoms with Crippen molar-refractivity contribution in [1.82, 2.24) is 19.2 Å². The lowest BCUT2D eigenvalue weighted by Gasteiger charge is -2.10. The third-order valence-corrected chi connectivity index (χ3v) is 5.34. The third kappa shape index (κ3) is 4.36. The van der Waals surface area contributed by atoms with Gasteiger partial charge in [-0.05, 0) is 50.1 Å². The molecule has 0 bridgehead atoms. The van der Waals surface area contributed by atoms with Crippen LogP contribution < -0.4 is 11.0 Å². The molecule has 0 unspecified atom stereocenters. The number of rotatable bonds is 4. The summed E-state index contributed by atoms with van der Waals surface area (Å²) in [4.78, 5) is 30.0. The van der Waals surface area contributed by atoms with Crippen molar-refractivity contribution in [3.05, 3.63) is 81.4 Å². The Morgan fingerprint density at radius 2 is 1.76 bits per heavy atom. The number of amides is 1. The maximum absolute atomic E-state index is 13.0. The number of fused-ring (bicyclic) bond motifs is 1. The van der Waals surface area contributed by atoms with Crippen LogP contribution in [0.3, 0.4) is 0 Å². The summed E-state index contributed by atoms with van der Waals surface area (Å²) in [7, 11) is 0. The Morgan fingerprint density at radius 1 is 1.06 bits per heavy atom. The fraction of sp³-hybridized carbons (Fsp3) is 0.217. The number of carbonyl (C=O) groups is 1. The van der Waals surface area contributed by atoms with Crippen molar-refractivity contribution < 1.29 is 18.0 Å². The summed E-state index contributed by atoms with van der Waals surface area (Å²) < 4.78 is 40.9. The average molecular weight is 455 g/mol. The van der Waals surface area contributed by atoms with Crippen LogP contribution in [0.2, 0.25) is 0 Å². The van der Waals surface area contributed by atoms with Crippen LogP contribution in [-0.4, -0.2) is 25.1 Å². The summed E-state index contributed by atoms with van der Waals surface area (Å²) in [5, 5.41) is 7.00. The number of nitrogens with zero attached hydrogens (tertiary/aromatic N) is 4. The third-order valence-electron chi connectivity index (χ3n) is 5.34. The number of alkyl halides is 3. The number of hydrogen-bond acceptors (Lipinski definition) is 4. The summed E-state index contributed by atoms with van der Waals surface area (Å²) in [5.74, 6) is -0.292. The largest absolute Gasteiger partial charge is 0.416 e. The summed E-state index contributed by atoms with van der Waals surface area (Å²) in [6.45, 7) is 5.16. The normalized spacial score (nSPS) is 11.7. The molecule has 1 N–H and O–H groups in total. The Bertz CT molecular complexity index is 1420. The molecule has 0 saturated carbocycles. The Morgan fingerprint density at radius 3 is 2.42 bits per heavy atom. The Balaban J connectivity index is 1.70. The first-order valence-electron chi connectivity index (χ1n) is 10.1. The smallest absolute Gasteiger partial charge is 0.324 e. The van der Waals surface area contributed by atoms with E-state index in [1.165, 1.54) is 16.5 Å². The van der Waals surface area contributed by atoms with Gasteiger partial charge in [-0.1, -0.05) is 24.3 Å². The van der Waals surface area contributed by atoms with E-state index in [0.29, 0.717) is 16.9 Å². The molecule has 1 amide bonds. The minimum atomic E-state index is -4.47. The molecule has 2 aromatic heterocycles. The topological polar surface area (TPSA) is 81.3 Å². The molecule has 4 aromatic rings. The molecule has 0 aliphatic rings. The van der Waals surface area contributed by atoms with Crippen LogP contribution in [0.4, 0.5) is 18.9 Å². The maximum Gasteiger partial charge on any atom is 0.416 e. The Labute approximate surface area is 186 Å². The first-order chi connectivity index (χ1) is 15.5. The molecular weight excluding hydrogens is 435 g/mol. The van der Waals surface area contributed by atoms with Gasteiger partial charge in [0.05, 0.1) is 5.56 Å². The molecule has 0 atom stereocenters. The van der Waals surface area contributed by atoms with E-state index in [9.17, 15) is 22.8 Å². The summed E-state index contributed by atoms with van der Waals surface area (Å²) in [6, 6.07) is 11.4. The van der Waals surface area contributed by atoms with E-state index in [-0.39, 0.29) is 18.0 Å². The van der Waals surface area contributed by atoms with Crippen molar-refractivity contribution in [2.45, 2.75) is 33.5 Å². The van der Waals surface area contributed by atoms with E-state index in [1.807, 2.05) is 26.0 Å². The van der Waals surface area contributed by atoms with Gasteiger partial charge >= 0.3 is 11.9 Å². The monoisotopic (exact) mass is 455 g/mol. The molecule has 0 fully saturated rings. The van der Waals surface area contributed by atoms with Crippen LogP contribution in [-0.2, 0) is 17.5 Å². The maximum atomic E-state index is 13.0. The molecule has 170 valence electrons. The molecule has 0 radical (unpaired) electrons. The summed E-state index contributed by atoms with van der Waals surface area (Å²) in [6.07, 6.45) is -4.47. The SMILES string of the molecule is Cc1cc2nn(CC(=O)Nc3cccc(C)c3C)c(=O)n2c(-c2ccc(C(F)(F)F)cc2)n1. The van der Waals surface area contributed by atoms with E-state index in [2.05, 4.69) is 15.4 Å². The van der Waals surface area contributed by atoms with Gasteiger partial charge in [0.1, 0.15) is 12.4 Å². The highest BCUT2D eigenvalue weighted by Crippen LogP contribution is 2.30. The Hall–Kier alpha value is -3.95. The number of aromatic nitrogens is 4. The molecule has 2 aromatic carbocycles. The second kappa shape index (κ2) is 8.19. The number of carbonyl (C=O) groups excluding carboxylic acids is 1. The highest BCUT2D eigenvalue weighted by molar-refractivity contribution is 5.91. The molecule has 2 heterocycles. The van der Waals surface area contributed by atoms with Crippen LogP contribution >= 0.6 is 0 Å². The molecule has 0 spiro atoms. The van der Waals surface area contributed by atoms with Crippen molar-refractivity contribution in [2.24, 2.45) is 0 Å². The molecule has 0 aliphatic carbocycles. The van der Waals surface area contributed by atoms with Crippen molar-refractivity contribution >= 4 is 17.2 Å². The van der Waals surface area contributed by atoms with Crippen molar-refractivity contribution in [1.29, 1.82) is 0 Å². The number of halogens is 3. The van der Waals surface area contributed by atoms with Gasteiger partial charge in [-0.3, -0.25) is 4.79 Å². The van der Waals surface area contributed by atoms with Gasteiger partial charge in [0.25, 0.3) is 0 Å². The number of aryl methyl sites for hydroxylation is 2. The van der Waals surface area contributed by atoms with Crippen LogP contribution in [0.15, 0.2) is 53.3 Å². The van der Waals surface area contributed by atoms with E-state index < -0.39 is 23.3 Å². The van der Waals surface area contributed by atoms with Gasteiger partial charge in [0, 0.05) is 23.0 Å². The molecular formula is C23H20F3N5O2. The summed E-state index contributed by atoms with van der Waals surface area (Å²) >= 11 is 0. The highest BCUT2D eigenvalue weighted by atomic mass is 19.4. The lowest BCUT2D eigenvalue weighted by molar-refractivity contribution is -0.137. The molecule has 33 heavy (non-hydrogen) atoms. The zero-order valence-corrected chi connectivity index (χ0v) is 18.1. The van der Waals surface area contributed by atoms with Crippen LogP contribution in [0.5, 0.6) is 0 Å². The van der Waals surface area contributed by atoms with E-state index in [1.54, 1.807) is 19.1 Å². The van der Waals surface area contributed by atoms with Crippen LogP contribution in [0.25, 0.3) is 17.0 Å². The van der Waals surface area contributed by atoms with Gasteiger partial charge in [-0.25, -0.2) is 18.9 Å². The summed E-state index contributed by atoms with van der Waals surface area (Å²) in [5.41, 5.74) is 2.22. The Kier molecular flexibility index (Phi) is 5.52. The van der Waals surface area contributed by atoms with Crippen molar-refractivity contribution in [3.63, 3.8) is 0 Å². The lowest BCUT2D eigenvalue weighted by atomic mass is 10.1. The first-order valence-corrected chi connectivity index (χ1v) is 10.1. The predicted octanol–water partition coefficient (Wildman–Crippen LogP) is 4.14. The zero-order valence-electron chi connectivity index (χ0n) is 18.1. The van der Waals surface area contributed by atoms with Gasteiger partial charge < -0.3 is 5.32 Å². The van der Waals surface area contributed by atoms with Crippen LogP contribution in [0, 0.1) is 20.8 Å². The zero-order chi connectivity index (χ0) is 23.9. The first kappa shape index (κ1) is 22.3. The second-order valence-corrected chi connectivity index (χ2v) is 7.73. The highest BCUT2D eigenvalue weighted by Gasteiger charge is 2.30. The standard InChI is InChI=1S/C23H20F3N5O2/c1-13-5-4-6-18(15(13)3)28-20(32)12-30-22(33)31-19(29-30)11-14(2)27-21(31)16-7-9-17(10-8-16)23(24,25)26/h4-11H,12H2,1-3H3,(H,28,32). The molecule has 10 heteroatoms. The molecule has 7 nitrogen and oxygen atoms in total. The second-order valence-electron chi connectivity index (χ2n) is 7.73. The van der Waals surface area contributed by atoms with Gasteiger partial charge in [-0.2, -0.15) is 13.2 Å². The average Bonchev–Trinajstić information content (AvgIpc) is 3.05. The van der Waals surface area contributed by atoms with Crippen molar-refractivity contribution in [2.75, 3.05) is 5.32 Å². The van der Waals surface area contributed by atoms with Gasteiger partial charge in [0.15, 0.2) is 5.65 Å². The lowest BCUT2D eigenvalue weighted by Crippen LogP contribution is -2.29. The molecule has 4 rings (SSSR count). The fourth-order valence-electron chi connectivity index (χ4n) is 3.47. The number of benzene rings is 2. The van der Waals surface area contributed by atoms with Crippen molar-refractivity contribution in [3.8, 4) is 11.4 Å². The minimum Gasteiger partial charge on any atom is -0.324 e. The van der Waals surface area contributed by atoms with Crippen LogP contribution in [0.1, 0.15) is 22.4 Å². The molecule has 0 saturated heterocycles. The van der Waals surface area contributed by atoms with Gasteiger partial charge in [0.2, 0.25) is 5.91 Å². The van der Waals surface area contributed by atoms with E-state index in [0.717, 1.165) is 27.9 Å². The van der Waals surface area contributed by atoms with Gasteiger partial charge in [-0.15, -0.1) is 5.10 Å². The van der Waals surface area contributed by atoms with E-state index in [4.69, 9.17) is 0 Å². The molecule has 0 aliphatic heterocycles. The predicted molar refractivity (Wildman–Crippen MR) is 117 cm³/mol. The van der Waals surface area contributed by atoms with E-state index >= 15 is 0 Å². The quantitative estimate of drug-likeness (QED) is 0.502. The number of nitrogens with one attached hydrogen (secondary N) is 1. The minimum absolute atomic E-state index is 0.143. The number of hydrogen-bond donors (Lipinski definition) is 1.